The molecule has 2 aromatic carbocycles. The van der Waals surface area contributed by atoms with Gasteiger partial charge in [-0.1, -0.05) is 62.5 Å². The lowest BCUT2D eigenvalue weighted by Crippen LogP contribution is -2.21. The number of alkyl halides is 2. The fraction of sp³-hybridized carbons (Fsp3) is 0.500. The molecule has 2 atom stereocenters. The lowest BCUT2D eigenvalue weighted by molar-refractivity contribution is 0.294. The summed E-state index contributed by atoms with van der Waals surface area (Å²) in [5.41, 5.74) is 2.73. The molecule has 0 spiro atoms. The molecule has 2 rings (SSSR count). The van der Waals surface area contributed by atoms with E-state index in [1.165, 1.54) is 36.8 Å². The van der Waals surface area contributed by atoms with Gasteiger partial charge < -0.3 is 9.47 Å². The predicted octanol–water partition coefficient (Wildman–Crippen LogP) is 7.07. The van der Waals surface area contributed by atoms with Crippen molar-refractivity contribution in [2.24, 2.45) is 11.8 Å². The summed E-state index contributed by atoms with van der Waals surface area (Å²) in [6.07, 6.45) is 7.11. The summed E-state index contributed by atoms with van der Waals surface area (Å²) in [7, 11) is 3.48. The van der Waals surface area contributed by atoms with Crippen LogP contribution in [0.4, 0.5) is 0 Å². The number of methoxy groups -OCH3 is 2. The van der Waals surface area contributed by atoms with E-state index in [0.29, 0.717) is 11.8 Å². The maximum atomic E-state index is 5.44. The average Bonchev–Trinajstić information content (AvgIpc) is 2.73. The maximum Gasteiger partial charge on any atom is 0.119 e. The molecule has 0 aromatic heterocycles. The standard InChI is InChI=1S/C24H32Br2O2/c1-27-23-10-5-7-19(17-23)15-21(9-3-4-13-25)22(12-14-26)16-20-8-6-11-24(18-20)28-2/h5-8,10-11,17-18,21-22H,3-4,9,12-16H2,1-2H3/t21-,22-/m1/s1. The highest BCUT2D eigenvalue weighted by atomic mass is 79.9. The van der Waals surface area contributed by atoms with Gasteiger partial charge in [-0.05, 0) is 79.3 Å². The van der Waals surface area contributed by atoms with Gasteiger partial charge in [0, 0.05) is 10.7 Å². The van der Waals surface area contributed by atoms with E-state index in [2.05, 4.69) is 68.3 Å². The fourth-order valence-electron chi connectivity index (χ4n) is 3.85. The molecular weight excluding hydrogens is 480 g/mol. The smallest absolute Gasteiger partial charge is 0.119 e. The summed E-state index contributed by atoms with van der Waals surface area (Å²) < 4.78 is 10.9. The second kappa shape index (κ2) is 13.3. The minimum Gasteiger partial charge on any atom is -0.497 e. The Morgan fingerprint density at radius 3 is 1.71 bits per heavy atom. The van der Waals surface area contributed by atoms with E-state index in [-0.39, 0.29) is 0 Å². The van der Waals surface area contributed by atoms with Crippen LogP contribution in [0, 0.1) is 11.8 Å². The van der Waals surface area contributed by atoms with Gasteiger partial charge in [0.1, 0.15) is 11.5 Å². The zero-order chi connectivity index (χ0) is 20.2. The molecule has 0 fully saturated rings. The minimum absolute atomic E-state index is 0.632. The van der Waals surface area contributed by atoms with Gasteiger partial charge in [0.2, 0.25) is 0 Å². The Morgan fingerprint density at radius 1 is 0.714 bits per heavy atom. The molecule has 0 aliphatic heterocycles. The van der Waals surface area contributed by atoms with Crippen molar-refractivity contribution in [2.75, 3.05) is 24.9 Å². The van der Waals surface area contributed by atoms with Crippen LogP contribution in [0.1, 0.15) is 36.8 Å². The molecule has 0 heterocycles. The van der Waals surface area contributed by atoms with Gasteiger partial charge in [0.25, 0.3) is 0 Å². The normalized spacial score (nSPS) is 13.1. The van der Waals surface area contributed by atoms with Crippen molar-refractivity contribution in [3.05, 3.63) is 59.7 Å². The van der Waals surface area contributed by atoms with E-state index in [1.807, 2.05) is 12.1 Å². The van der Waals surface area contributed by atoms with Crippen LogP contribution in [-0.4, -0.2) is 24.9 Å². The Bertz CT molecular complexity index is 690. The SMILES string of the molecule is COc1cccc(C[C@@H](CCBr)[C@H](CCCCBr)Cc2cccc(OC)c2)c1. The van der Waals surface area contributed by atoms with Gasteiger partial charge in [0.05, 0.1) is 14.2 Å². The molecule has 0 bridgehead atoms. The number of hydrogen-bond acceptors (Lipinski definition) is 2. The summed E-state index contributed by atoms with van der Waals surface area (Å²) in [4.78, 5) is 0. The highest BCUT2D eigenvalue weighted by Crippen LogP contribution is 2.31. The van der Waals surface area contributed by atoms with Gasteiger partial charge in [-0.2, -0.15) is 0 Å². The fourth-order valence-corrected chi connectivity index (χ4v) is 4.84. The summed E-state index contributed by atoms with van der Waals surface area (Å²) in [5, 5.41) is 2.12. The third-order valence-electron chi connectivity index (χ3n) is 5.37. The lowest BCUT2D eigenvalue weighted by Gasteiger charge is -2.28. The second-order valence-corrected chi connectivity index (χ2v) is 8.88. The Balaban J connectivity index is 2.19. The van der Waals surface area contributed by atoms with Crippen LogP contribution in [0.2, 0.25) is 0 Å². The molecule has 0 saturated carbocycles. The van der Waals surface area contributed by atoms with Crippen molar-refractivity contribution in [3.8, 4) is 11.5 Å². The number of unbranched alkanes of at least 4 members (excludes halogenated alkanes) is 1. The van der Waals surface area contributed by atoms with Crippen molar-refractivity contribution in [1.82, 2.24) is 0 Å². The summed E-state index contributed by atoms with van der Waals surface area (Å²) >= 11 is 7.28. The van der Waals surface area contributed by atoms with Crippen LogP contribution >= 0.6 is 31.9 Å². The summed E-state index contributed by atoms with van der Waals surface area (Å²) in [6.45, 7) is 0. The van der Waals surface area contributed by atoms with Crippen LogP contribution in [0.3, 0.4) is 0 Å². The summed E-state index contributed by atoms with van der Waals surface area (Å²) in [6, 6.07) is 17.1. The Labute approximate surface area is 187 Å². The Morgan fingerprint density at radius 2 is 1.25 bits per heavy atom. The van der Waals surface area contributed by atoms with Crippen LogP contribution in [0.25, 0.3) is 0 Å². The molecule has 28 heavy (non-hydrogen) atoms. The lowest BCUT2D eigenvalue weighted by atomic mass is 9.78. The third-order valence-corrected chi connectivity index (χ3v) is 6.39. The predicted molar refractivity (Wildman–Crippen MR) is 126 cm³/mol. The first kappa shape index (κ1) is 23.3. The van der Waals surface area contributed by atoms with Crippen molar-refractivity contribution < 1.29 is 9.47 Å². The topological polar surface area (TPSA) is 18.5 Å². The first-order chi connectivity index (χ1) is 13.7. The number of halogens is 2. The molecule has 0 saturated heterocycles. The molecule has 0 unspecified atom stereocenters. The second-order valence-electron chi connectivity index (χ2n) is 7.29. The number of ether oxygens (including phenoxy) is 2. The Hall–Kier alpha value is -1.00. The average molecular weight is 512 g/mol. The van der Waals surface area contributed by atoms with Crippen molar-refractivity contribution in [2.45, 2.75) is 38.5 Å². The highest BCUT2D eigenvalue weighted by molar-refractivity contribution is 9.09. The molecule has 0 N–H and O–H groups in total. The van der Waals surface area contributed by atoms with Gasteiger partial charge >= 0.3 is 0 Å². The van der Waals surface area contributed by atoms with E-state index >= 15 is 0 Å². The van der Waals surface area contributed by atoms with E-state index in [4.69, 9.17) is 9.47 Å². The summed E-state index contributed by atoms with van der Waals surface area (Å²) in [5.74, 6) is 3.17. The van der Waals surface area contributed by atoms with Gasteiger partial charge in [0.15, 0.2) is 0 Å². The zero-order valence-corrected chi connectivity index (χ0v) is 20.2. The third kappa shape index (κ3) is 7.79. The van der Waals surface area contributed by atoms with Crippen LogP contribution < -0.4 is 9.47 Å². The highest BCUT2D eigenvalue weighted by Gasteiger charge is 2.22. The molecule has 0 aliphatic carbocycles. The Kier molecular flexibility index (Phi) is 11.0. The van der Waals surface area contributed by atoms with Crippen LogP contribution in [-0.2, 0) is 12.8 Å². The van der Waals surface area contributed by atoms with E-state index in [9.17, 15) is 0 Å². The molecule has 2 aromatic rings. The minimum atomic E-state index is 0.632. The van der Waals surface area contributed by atoms with Gasteiger partial charge in [-0.3, -0.25) is 0 Å². The van der Waals surface area contributed by atoms with Gasteiger partial charge in [-0.25, -0.2) is 0 Å². The van der Waals surface area contributed by atoms with Crippen molar-refractivity contribution in [3.63, 3.8) is 0 Å². The van der Waals surface area contributed by atoms with Crippen LogP contribution in [0.15, 0.2) is 48.5 Å². The van der Waals surface area contributed by atoms with Crippen molar-refractivity contribution in [1.29, 1.82) is 0 Å². The molecule has 154 valence electrons. The molecular formula is C24H32Br2O2. The van der Waals surface area contributed by atoms with E-state index in [1.54, 1.807) is 14.2 Å². The number of hydrogen-bond donors (Lipinski definition) is 0. The maximum absolute atomic E-state index is 5.44. The largest absolute Gasteiger partial charge is 0.497 e. The monoisotopic (exact) mass is 510 g/mol. The zero-order valence-electron chi connectivity index (χ0n) is 17.0. The number of rotatable bonds is 13. The van der Waals surface area contributed by atoms with E-state index < -0.39 is 0 Å². The first-order valence-electron chi connectivity index (χ1n) is 10.1. The van der Waals surface area contributed by atoms with E-state index in [0.717, 1.165) is 35.0 Å². The molecule has 0 radical (unpaired) electrons. The number of benzene rings is 2. The molecule has 0 aliphatic rings. The first-order valence-corrected chi connectivity index (χ1v) is 12.3. The molecule has 0 amide bonds. The van der Waals surface area contributed by atoms with Crippen LogP contribution in [0.5, 0.6) is 11.5 Å². The molecule has 4 heteroatoms. The van der Waals surface area contributed by atoms with Gasteiger partial charge in [-0.15, -0.1) is 0 Å². The molecule has 2 nitrogen and oxygen atoms in total. The van der Waals surface area contributed by atoms with Crippen molar-refractivity contribution >= 4 is 31.9 Å². The quantitative estimate of drug-likeness (QED) is 0.211.